The van der Waals surface area contributed by atoms with Crippen LogP contribution in [0.15, 0.2) is 29.2 Å². The van der Waals surface area contributed by atoms with E-state index in [1.54, 1.807) is 26.3 Å². The van der Waals surface area contributed by atoms with Gasteiger partial charge in [-0.05, 0) is 37.6 Å². The zero-order chi connectivity index (χ0) is 19.3. The molecule has 0 aliphatic carbocycles. The molecule has 1 aliphatic rings. The van der Waals surface area contributed by atoms with Crippen LogP contribution in [0.2, 0.25) is 0 Å². The topological polar surface area (TPSA) is 90.0 Å². The second-order valence-electron chi connectivity index (χ2n) is 6.10. The summed E-state index contributed by atoms with van der Waals surface area (Å²) in [7, 11) is 0.0442. The van der Waals surface area contributed by atoms with Gasteiger partial charge < -0.3 is 14.4 Å². The Balaban J connectivity index is 1.80. The van der Waals surface area contributed by atoms with Gasteiger partial charge in [0.2, 0.25) is 0 Å². The molecular formula is C17H23NO6S2. The van der Waals surface area contributed by atoms with Crippen LogP contribution in [-0.2, 0) is 24.2 Å². The molecule has 0 radical (unpaired) electrons. The van der Waals surface area contributed by atoms with Crippen molar-refractivity contribution < 1.29 is 27.5 Å². The number of ether oxygens (including phenoxy) is 2. The zero-order valence-corrected chi connectivity index (χ0v) is 16.6. The van der Waals surface area contributed by atoms with Gasteiger partial charge in [-0.15, -0.1) is 11.8 Å². The van der Waals surface area contributed by atoms with Crippen LogP contribution in [-0.4, -0.2) is 68.8 Å². The summed E-state index contributed by atoms with van der Waals surface area (Å²) in [5.41, 5.74) is 0. The van der Waals surface area contributed by atoms with Crippen molar-refractivity contribution in [3.63, 3.8) is 0 Å². The number of benzene rings is 1. The molecule has 0 saturated carbocycles. The second kappa shape index (κ2) is 8.77. The SMILES string of the molecule is COc1ccc(SCC(=O)O[C@H](C)C(=O)N(C)[C@H]2CCS(=O)(=O)C2)cc1. The standard InChI is InChI=1S/C17H23NO6S2/c1-12(17(20)18(2)13-8-9-26(21,22)11-13)24-16(19)10-25-15-6-4-14(23-3)5-7-15/h4-7,12-13H,8-11H2,1-3H3/t12-,13+/m1/s1. The van der Waals surface area contributed by atoms with E-state index in [0.29, 0.717) is 6.42 Å². The molecule has 1 heterocycles. The number of hydrogen-bond acceptors (Lipinski definition) is 7. The highest BCUT2D eigenvalue weighted by Gasteiger charge is 2.34. The smallest absolute Gasteiger partial charge is 0.317 e. The lowest BCUT2D eigenvalue weighted by Gasteiger charge is -2.26. The summed E-state index contributed by atoms with van der Waals surface area (Å²) in [6.45, 7) is 1.50. The number of sulfone groups is 1. The lowest BCUT2D eigenvalue weighted by molar-refractivity contribution is -0.157. The van der Waals surface area contributed by atoms with E-state index in [2.05, 4.69) is 0 Å². The van der Waals surface area contributed by atoms with E-state index in [-0.39, 0.29) is 23.3 Å². The minimum absolute atomic E-state index is 0.0385. The Kier molecular flexibility index (Phi) is 6.94. The zero-order valence-electron chi connectivity index (χ0n) is 15.0. The van der Waals surface area contributed by atoms with Gasteiger partial charge in [-0.2, -0.15) is 0 Å². The van der Waals surface area contributed by atoms with Crippen LogP contribution in [0.1, 0.15) is 13.3 Å². The highest BCUT2D eigenvalue weighted by Crippen LogP contribution is 2.22. The predicted molar refractivity (Wildman–Crippen MR) is 99.1 cm³/mol. The summed E-state index contributed by atoms with van der Waals surface area (Å²) in [6, 6.07) is 6.90. The van der Waals surface area contributed by atoms with Crippen molar-refractivity contribution in [3.05, 3.63) is 24.3 Å². The van der Waals surface area contributed by atoms with Crippen LogP contribution in [0, 0.1) is 0 Å². The van der Waals surface area contributed by atoms with Gasteiger partial charge in [-0.1, -0.05) is 0 Å². The molecule has 1 saturated heterocycles. The molecule has 0 unspecified atom stereocenters. The number of carbonyl (C=O) groups excluding carboxylic acids is 2. The summed E-state index contributed by atoms with van der Waals surface area (Å²) in [6.07, 6.45) is -0.536. The molecule has 1 aromatic carbocycles. The second-order valence-corrected chi connectivity index (χ2v) is 9.38. The fourth-order valence-corrected chi connectivity index (χ4v) is 5.10. The van der Waals surface area contributed by atoms with Gasteiger partial charge in [0.15, 0.2) is 15.9 Å². The fourth-order valence-electron chi connectivity index (χ4n) is 2.64. The number of likely N-dealkylation sites (N-methyl/N-ethyl adjacent to an activating group) is 1. The van der Waals surface area contributed by atoms with Gasteiger partial charge in [-0.25, -0.2) is 8.42 Å². The Morgan fingerprint density at radius 2 is 1.96 bits per heavy atom. The first-order valence-electron chi connectivity index (χ1n) is 8.15. The predicted octanol–water partition coefficient (Wildman–Crippen LogP) is 1.36. The van der Waals surface area contributed by atoms with Crippen LogP contribution in [0.3, 0.4) is 0 Å². The summed E-state index contributed by atoms with van der Waals surface area (Å²) in [5, 5.41) is 0. The van der Waals surface area contributed by atoms with Crippen LogP contribution < -0.4 is 4.74 Å². The minimum atomic E-state index is -3.08. The number of thioether (sulfide) groups is 1. The Hall–Kier alpha value is -1.74. The molecule has 0 N–H and O–H groups in total. The third-order valence-electron chi connectivity index (χ3n) is 4.18. The quantitative estimate of drug-likeness (QED) is 0.503. The number of methoxy groups -OCH3 is 1. The molecule has 0 bridgehead atoms. The first-order chi connectivity index (χ1) is 12.2. The first kappa shape index (κ1) is 20.6. The molecule has 2 atom stereocenters. The maximum atomic E-state index is 12.4. The average molecular weight is 402 g/mol. The number of nitrogens with zero attached hydrogens (tertiary/aromatic N) is 1. The van der Waals surface area contributed by atoms with Crippen LogP contribution in [0.5, 0.6) is 5.75 Å². The summed E-state index contributed by atoms with van der Waals surface area (Å²) < 4.78 is 33.3. The van der Waals surface area contributed by atoms with Crippen molar-refractivity contribution in [2.45, 2.75) is 30.4 Å². The first-order valence-corrected chi connectivity index (χ1v) is 11.0. The fraction of sp³-hybridized carbons (Fsp3) is 0.529. The lowest BCUT2D eigenvalue weighted by Crippen LogP contribution is -2.44. The monoisotopic (exact) mass is 401 g/mol. The maximum Gasteiger partial charge on any atom is 0.317 e. The van der Waals surface area contributed by atoms with E-state index < -0.39 is 27.8 Å². The van der Waals surface area contributed by atoms with Crippen molar-refractivity contribution in [3.8, 4) is 5.75 Å². The van der Waals surface area contributed by atoms with Crippen molar-refractivity contribution in [1.82, 2.24) is 4.90 Å². The Morgan fingerprint density at radius 3 is 2.50 bits per heavy atom. The number of hydrogen-bond donors (Lipinski definition) is 0. The van der Waals surface area contributed by atoms with Crippen molar-refractivity contribution in [2.24, 2.45) is 0 Å². The highest BCUT2D eigenvalue weighted by molar-refractivity contribution is 8.00. The number of amides is 1. The van der Waals surface area contributed by atoms with E-state index >= 15 is 0 Å². The molecule has 2 rings (SSSR count). The molecule has 7 nitrogen and oxygen atoms in total. The summed E-state index contributed by atoms with van der Waals surface area (Å²) in [4.78, 5) is 26.6. The average Bonchev–Trinajstić information content (AvgIpc) is 2.98. The molecule has 1 amide bonds. The van der Waals surface area contributed by atoms with Gasteiger partial charge in [0.1, 0.15) is 5.75 Å². The van der Waals surface area contributed by atoms with E-state index in [0.717, 1.165) is 10.6 Å². The van der Waals surface area contributed by atoms with Crippen molar-refractivity contribution in [1.29, 1.82) is 0 Å². The molecule has 0 spiro atoms. The van der Waals surface area contributed by atoms with Crippen molar-refractivity contribution in [2.75, 3.05) is 31.4 Å². The molecule has 26 heavy (non-hydrogen) atoms. The minimum Gasteiger partial charge on any atom is -0.497 e. The largest absolute Gasteiger partial charge is 0.497 e. The molecule has 0 aromatic heterocycles. The normalized spacial score (nSPS) is 19.6. The molecule has 1 fully saturated rings. The summed E-state index contributed by atoms with van der Waals surface area (Å²) >= 11 is 1.30. The van der Waals surface area contributed by atoms with Gasteiger partial charge >= 0.3 is 5.97 Å². The van der Waals surface area contributed by atoms with Crippen LogP contribution in [0.4, 0.5) is 0 Å². The molecule has 1 aliphatic heterocycles. The molecule has 144 valence electrons. The third-order valence-corrected chi connectivity index (χ3v) is 6.91. The van der Waals surface area contributed by atoms with E-state index in [4.69, 9.17) is 9.47 Å². The molecule has 1 aromatic rings. The Bertz CT molecular complexity index is 747. The highest BCUT2D eigenvalue weighted by atomic mass is 32.2. The van der Waals surface area contributed by atoms with E-state index in [1.165, 1.54) is 23.6 Å². The van der Waals surface area contributed by atoms with E-state index in [1.807, 2.05) is 12.1 Å². The van der Waals surface area contributed by atoms with Gasteiger partial charge in [0, 0.05) is 18.0 Å². The van der Waals surface area contributed by atoms with Gasteiger partial charge in [0.05, 0.1) is 24.4 Å². The Labute approximate surface area is 157 Å². The molecular weight excluding hydrogens is 378 g/mol. The van der Waals surface area contributed by atoms with Gasteiger partial charge in [-0.3, -0.25) is 9.59 Å². The molecule has 9 heteroatoms. The van der Waals surface area contributed by atoms with Crippen LogP contribution in [0.25, 0.3) is 0 Å². The van der Waals surface area contributed by atoms with Gasteiger partial charge in [0.25, 0.3) is 5.91 Å². The maximum absolute atomic E-state index is 12.4. The van der Waals surface area contributed by atoms with Crippen LogP contribution >= 0.6 is 11.8 Å². The number of carbonyl (C=O) groups is 2. The summed E-state index contributed by atoms with van der Waals surface area (Å²) in [5.74, 6) is -0.0430. The third kappa shape index (κ3) is 5.63. The van der Waals surface area contributed by atoms with E-state index in [9.17, 15) is 18.0 Å². The number of esters is 1. The van der Waals surface area contributed by atoms with Crippen molar-refractivity contribution >= 4 is 33.5 Å². The number of rotatable bonds is 7. The lowest BCUT2D eigenvalue weighted by atomic mass is 10.2. The Morgan fingerprint density at radius 1 is 1.31 bits per heavy atom.